The van der Waals surface area contributed by atoms with Crippen molar-refractivity contribution < 1.29 is 5.11 Å². The molecule has 104 valence electrons. The van der Waals surface area contributed by atoms with Gasteiger partial charge in [0.15, 0.2) is 0 Å². The fourth-order valence-corrected chi connectivity index (χ4v) is 2.47. The van der Waals surface area contributed by atoms with Crippen LogP contribution in [0.2, 0.25) is 0 Å². The molecule has 2 heterocycles. The summed E-state index contributed by atoms with van der Waals surface area (Å²) in [5, 5.41) is 9.49. The van der Waals surface area contributed by atoms with E-state index in [1.54, 1.807) is 18.5 Å². The first kappa shape index (κ1) is 12.9. The molecule has 3 rings (SSSR count). The van der Waals surface area contributed by atoms with E-state index in [-0.39, 0.29) is 0 Å². The average Bonchev–Trinajstić information content (AvgIpc) is 2.49. The van der Waals surface area contributed by atoms with E-state index in [0.29, 0.717) is 5.75 Å². The van der Waals surface area contributed by atoms with E-state index < -0.39 is 0 Å². The molecule has 2 aromatic rings. The van der Waals surface area contributed by atoms with Crippen LogP contribution in [0.1, 0.15) is 5.56 Å². The van der Waals surface area contributed by atoms with Crippen molar-refractivity contribution in [2.45, 2.75) is 6.54 Å². The van der Waals surface area contributed by atoms with Gasteiger partial charge in [0.05, 0.1) is 0 Å². The highest BCUT2D eigenvalue weighted by Gasteiger charge is 2.18. The lowest BCUT2D eigenvalue weighted by molar-refractivity contribution is 0.248. The molecule has 1 aliphatic heterocycles. The van der Waals surface area contributed by atoms with Crippen LogP contribution in [0.3, 0.4) is 0 Å². The molecular formula is C15H18N4O. The van der Waals surface area contributed by atoms with Gasteiger partial charge in [-0.25, -0.2) is 9.97 Å². The van der Waals surface area contributed by atoms with Gasteiger partial charge in [0.25, 0.3) is 0 Å². The number of hydrogen-bond donors (Lipinski definition) is 1. The highest BCUT2D eigenvalue weighted by atomic mass is 16.3. The van der Waals surface area contributed by atoms with Crippen LogP contribution >= 0.6 is 0 Å². The monoisotopic (exact) mass is 270 g/mol. The Morgan fingerprint density at radius 2 is 1.75 bits per heavy atom. The molecule has 0 amide bonds. The SMILES string of the molecule is Oc1cccc(CN2CCN(c3ncccn3)CC2)c1. The number of aromatic hydroxyl groups is 1. The third kappa shape index (κ3) is 3.05. The molecule has 1 saturated heterocycles. The van der Waals surface area contributed by atoms with Crippen LogP contribution in [0, 0.1) is 0 Å². The summed E-state index contributed by atoms with van der Waals surface area (Å²) >= 11 is 0. The number of anilines is 1. The Balaban J connectivity index is 1.56. The van der Waals surface area contributed by atoms with E-state index in [2.05, 4.69) is 19.8 Å². The Kier molecular flexibility index (Phi) is 3.78. The maximum absolute atomic E-state index is 9.49. The summed E-state index contributed by atoms with van der Waals surface area (Å²) in [5.41, 5.74) is 1.15. The van der Waals surface area contributed by atoms with Crippen molar-refractivity contribution in [2.24, 2.45) is 0 Å². The van der Waals surface area contributed by atoms with Gasteiger partial charge in [-0.15, -0.1) is 0 Å². The highest BCUT2D eigenvalue weighted by molar-refractivity contribution is 5.30. The summed E-state index contributed by atoms with van der Waals surface area (Å²) in [4.78, 5) is 13.2. The second-order valence-corrected chi connectivity index (χ2v) is 4.98. The van der Waals surface area contributed by atoms with Crippen LogP contribution in [-0.2, 0) is 6.54 Å². The Bertz CT molecular complexity index is 553. The summed E-state index contributed by atoms with van der Waals surface area (Å²) in [6.45, 7) is 4.70. The number of phenolic OH excluding ortho intramolecular Hbond substituents is 1. The maximum Gasteiger partial charge on any atom is 0.225 e. The minimum atomic E-state index is 0.332. The molecule has 0 radical (unpaired) electrons. The van der Waals surface area contributed by atoms with Gasteiger partial charge in [-0.05, 0) is 23.8 Å². The molecule has 5 heteroatoms. The smallest absolute Gasteiger partial charge is 0.225 e. The van der Waals surface area contributed by atoms with E-state index in [9.17, 15) is 5.11 Å². The first-order valence-electron chi connectivity index (χ1n) is 6.83. The number of benzene rings is 1. The van der Waals surface area contributed by atoms with E-state index >= 15 is 0 Å². The third-order valence-electron chi connectivity index (χ3n) is 3.52. The zero-order chi connectivity index (χ0) is 13.8. The second-order valence-electron chi connectivity index (χ2n) is 4.98. The molecule has 0 bridgehead atoms. The van der Waals surface area contributed by atoms with Crippen molar-refractivity contribution in [3.63, 3.8) is 0 Å². The van der Waals surface area contributed by atoms with Crippen LogP contribution in [0.4, 0.5) is 5.95 Å². The van der Waals surface area contributed by atoms with Gasteiger partial charge in [0, 0.05) is 45.1 Å². The van der Waals surface area contributed by atoms with E-state index in [1.807, 2.05) is 24.3 Å². The molecular weight excluding hydrogens is 252 g/mol. The Morgan fingerprint density at radius 3 is 2.45 bits per heavy atom. The molecule has 1 N–H and O–H groups in total. The summed E-state index contributed by atoms with van der Waals surface area (Å²) in [6, 6.07) is 9.30. The second kappa shape index (κ2) is 5.88. The number of nitrogens with zero attached hydrogens (tertiary/aromatic N) is 4. The summed E-state index contributed by atoms with van der Waals surface area (Å²) < 4.78 is 0. The van der Waals surface area contributed by atoms with Crippen molar-refractivity contribution in [3.8, 4) is 5.75 Å². The molecule has 0 aliphatic carbocycles. The zero-order valence-electron chi connectivity index (χ0n) is 11.3. The van der Waals surface area contributed by atoms with Gasteiger partial charge in [-0.2, -0.15) is 0 Å². The van der Waals surface area contributed by atoms with Gasteiger partial charge in [0.1, 0.15) is 5.75 Å². The molecule has 20 heavy (non-hydrogen) atoms. The first-order chi connectivity index (χ1) is 9.81. The largest absolute Gasteiger partial charge is 0.508 e. The molecule has 1 fully saturated rings. The Morgan fingerprint density at radius 1 is 1.00 bits per heavy atom. The van der Waals surface area contributed by atoms with Crippen LogP contribution in [0.5, 0.6) is 5.75 Å². The van der Waals surface area contributed by atoms with Gasteiger partial charge in [0.2, 0.25) is 5.95 Å². The highest BCUT2D eigenvalue weighted by Crippen LogP contribution is 2.15. The lowest BCUT2D eigenvalue weighted by Gasteiger charge is -2.34. The van der Waals surface area contributed by atoms with E-state index in [1.165, 1.54) is 0 Å². The minimum Gasteiger partial charge on any atom is -0.508 e. The van der Waals surface area contributed by atoms with Crippen molar-refractivity contribution in [1.82, 2.24) is 14.9 Å². The van der Waals surface area contributed by atoms with Gasteiger partial charge < -0.3 is 10.0 Å². The van der Waals surface area contributed by atoms with Crippen molar-refractivity contribution in [3.05, 3.63) is 48.3 Å². The molecule has 0 unspecified atom stereocenters. The normalized spacial score (nSPS) is 16.3. The predicted molar refractivity (Wildman–Crippen MR) is 77.6 cm³/mol. The molecule has 1 aliphatic rings. The Labute approximate surface area is 118 Å². The number of phenols is 1. The van der Waals surface area contributed by atoms with Gasteiger partial charge in [-0.3, -0.25) is 4.90 Å². The quantitative estimate of drug-likeness (QED) is 0.916. The summed E-state index contributed by atoms with van der Waals surface area (Å²) in [5.74, 6) is 1.14. The van der Waals surface area contributed by atoms with Crippen LogP contribution in [0.25, 0.3) is 0 Å². The van der Waals surface area contributed by atoms with Crippen LogP contribution in [-0.4, -0.2) is 46.2 Å². The maximum atomic E-state index is 9.49. The van der Waals surface area contributed by atoms with Crippen molar-refractivity contribution >= 4 is 5.95 Å². The number of hydrogen-bond acceptors (Lipinski definition) is 5. The van der Waals surface area contributed by atoms with E-state index in [0.717, 1.165) is 44.2 Å². The molecule has 1 aromatic heterocycles. The standard InChI is InChI=1S/C15H18N4O/c20-14-4-1-3-13(11-14)12-18-7-9-19(10-8-18)15-16-5-2-6-17-15/h1-6,11,20H,7-10,12H2. The topological polar surface area (TPSA) is 52.5 Å². The fraction of sp³-hybridized carbons (Fsp3) is 0.333. The zero-order valence-corrected chi connectivity index (χ0v) is 11.3. The minimum absolute atomic E-state index is 0.332. The van der Waals surface area contributed by atoms with Crippen LogP contribution < -0.4 is 4.90 Å². The first-order valence-corrected chi connectivity index (χ1v) is 6.83. The number of piperazine rings is 1. The molecule has 0 atom stereocenters. The Hall–Kier alpha value is -2.14. The lowest BCUT2D eigenvalue weighted by Crippen LogP contribution is -2.46. The summed E-state index contributed by atoms with van der Waals surface area (Å²) in [7, 11) is 0. The predicted octanol–water partition coefficient (Wildman–Crippen LogP) is 1.50. The molecule has 1 aromatic carbocycles. The number of rotatable bonds is 3. The third-order valence-corrected chi connectivity index (χ3v) is 3.52. The van der Waals surface area contributed by atoms with Crippen molar-refractivity contribution in [2.75, 3.05) is 31.1 Å². The average molecular weight is 270 g/mol. The molecule has 0 saturated carbocycles. The molecule has 5 nitrogen and oxygen atoms in total. The lowest BCUT2D eigenvalue weighted by atomic mass is 10.2. The van der Waals surface area contributed by atoms with E-state index in [4.69, 9.17) is 0 Å². The summed E-state index contributed by atoms with van der Waals surface area (Å²) in [6.07, 6.45) is 3.56. The number of aromatic nitrogens is 2. The fourth-order valence-electron chi connectivity index (χ4n) is 2.47. The van der Waals surface area contributed by atoms with Gasteiger partial charge in [-0.1, -0.05) is 12.1 Å². The molecule has 0 spiro atoms. The van der Waals surface area contributed by atoms with Crippen LogP contribution in [0.15, 0.2) is 42.7 Å². The van der Waals surface area contributed by atoms with Crippen molar-refractivity contribution in [1.29, 1.82) is 0 Å². The van der Waals surface area contributed by atoms with Gasteiger partial charge >= 0.3 is 0 Å².